The molecule has 0 bridgehead atoms. The third kappa shape index (κ3) is 11.7. The molecule has 0 N–H and O–H groups in total. The highest BCUT2D eigenvalue weighted by Gasteiger charge is 2.32. The maximum Gasteiger partial charge on any atom is 0.306 e. The number of allylic oxidation sites excluding steroid dienone is 2. The SMILES string of the molecule is CCCCCCCCCCCCCCCCCC(=O)OC1(C)C=CC=CC1C. The predicted molar refractivity (Wildman–Crippen MR) is 121 cm³/mol. The number of hydrogen-bond acceptors (Lipinski definition) is 2. The van der Waals surface area contributed by atoms with Crippen molar-refractivity contribution in [2.75, 3.05) is 0 Å². The van der Waals surface area contributed by atoms with E-state index in [9.17, 15) is 4.79 Å². The van der Waals surface area contributed by atoms with E-state index < -0.39 is 5.60 Å². The fourth-order valence-corrected chi connectivity index (χ4v) is 3.88. The molecule has 0 saturated carbocycles. The summed E-state index contributed by atoms with van der Waals surface area (Å²) in [6.45, 7) is 6.38. The number of esters is 1. The fraction of sp³-hybridized carbons (Fsp3) is 0.808. The lowest BCUT2D eigenvalue weighted by Gasteiger charge is -2.32. The minimum absolute atomic E-state index is 0.0519. The Morgan fingerprint density at radius 1 is 0.786 bits per heavy atom. The quantitative estimate of drug-likeness (QED) is 0.184. The van der Waals surface area contributed by atoms with Gasteiger partial charge < -0.3 is 4.74 Å². The Labute approximate surface area is 175 Å². The minimum atomic E-state index is -0.471. The molecule has 0 fully saturated rings. The first kappa shape index (κ1) is 25.0. The van der Waals surface area contributed by atoms with E-state index in [4.69, 9.17) is 4.74 Å². The Kier molecular flexibility index (Phi) is 14.1. The molecular formula is C26H46O2. The van der Waals surface area contributed by atoms with Gasteiger partial charge >= 0.3 is 5.97 Å². The molecule has 2 heteroatoms. The lowest BCUT2D eigenvalue weighted by atomic mass is 9.87. The average Bonchev–Trinajstić information content (AvgIpc) is 2.67. The maximum absolute atomic E-state index is 12.1. The van der Waals surface area contributed by atoms with Crippen molar-refractivity contribution in [1.82, 2.24) is 0 Å². The molecule has 0 spiro atoms. The first-order valence-electron chi connectivity index (χ1n) is 12.2. The summed E-state index contributed by atoms with van der Waals surface area (Å²) in [6, 6.07) is 0. The van der Waals surface area contributed by atoms with Crippen molar-refractivity contribution in [3.05, 3.63) is 24.3 Å². The lowest BCUT2D eigenvalue weighted by molar-refractivity contribution is -0.156. The zero-order valence-electron chi connectivity index (χ0n) is 19.0. The normalized spacial score (nSPS) is 21.2. The molecule has 2 atom stereocenters. The van der Waals surface area contributed by atoms with Crippen molar-refractivity contribution in [2.45, 2.75) is 129 Å². The van der Waals surface area contributed by atoms with Crippen LogP contribution in [0.4, 0.5) is 0 Å². The molecule has 162 valence electrons. The highest BCUT2D eigenvalue weighted by atomic mass is 16.6. The summed E-state index contributed by atoms with van der Waals surface area (Å²) in [6.07, 6.45) is 28.8. The zero-order valence-corrected chi connectivity index (χ0v) is 19.0. The van der Waals surface area contributed by atoms with Gasteiger partial charge in [0.2, 0.25) is 0 Å². The van der Waals surface area contributed by atoms with Crippen LogP contribution >= 0.6 is 0 Å². The van der Waals surface area contributed by atoms with Gasteiger partial charge in [0, 0.05) is 12.3 Å². The average molecular weight is 391 g/mol. The number of carbonyl (C=O) groups is 1. The monoisotopic (exact) mass is 390 g/mol. The van der Waals surface area contributed by atoms with Crippen LogP contribution in [0.3, 0.4) is 0 Å². The van der Waals surface area contributed by atoms with Crippen LogP contribution in [0.1, 0.15) is 124 Å². The number of unbranched alkanes of at least 4 members (excludes halogenated alkanes) is 14. The molecule has 0 radical (unpaired) electrons. The van der Waals surface area contributed by atoms with Gasteiger partial charge in [-0.05, 0) is 19.4 Å². The second-order valence-corrected chi connectivity index (χ2v) is 8.89. The molecule has 1 aliphatic rings. The molecular weight excluding hydrogens is 344 g/mol. The van der Waals surface area contributed by atoms with Crippen molar-refractivity contribution >= 4 is 5.97 Å². The van der Waals surface area contributed by atoms with Crippen LogP contribution in [-0.4, -0.2) is 11.6 Å². The minimum Gasteiger partial charge on any atom is -0.454 e. The first-order chi connectivity index (χ1) is 13.6. The van der Waals surface area contributed by atoms with Crippen molar-refractivity contribution in [1.29, 1.82) is 0 Å². The van der Waals surface area contributed by atoms with E-state index in [-0.39, 0.29) is 11.9 Å². The van der Waals surface area contributed by atoms with E-state index in [1.165, 1.54) is 83.5 Å². The molecule has 0 aromatic carbocycles. The van der Waals surface area contributed by atoms with Crippen molar-refractivity contribution in [3.63, 3.8) is 0 Å². The molecule has 0 saturated heterocycles. The van der Waals surface area contributed by atoms with Crippen LogP contribution in [0.2, 0.25) is 0 Å². The third-order valence-corrected chi connectivity index (χ3v) is 6.16. The van der Waals surface area contributed by atoms with Crippen LogP contribution in [0.5, 0.6) is 0 Å². The molecule has 0 heterocycles. The van der Waals surface area contributed by atoms with E-state index in [0.29, 0.717) is 6.42 Å². The van der Waals surface area contributed by atoms with Gasteiger partial charge in [-0.15, -0.1) is 0 Å². The Balaban J connectivity index is 1.86. The lowest BCUT2D eigenvalue weighted by Crippen LogP contribution is -2.36. The Hall–Kier alpha value is -1.05. The van der Waals surface area contributed by atoms with E-state index in [0.717, 1.165) is 12.8 Å². The van der Waals surface area contributed by atoms with Gasteiger partial charge in [-0.2, -0.15) is 0 Å². The van der Waals surface area contributed by atoms with Crippen LogP contribution in [0.15, 0.2) is 24.3 Å². The van der Waals surface area contributed by atoms with E-state index in [1.807, 2.05) is 25.2 Å². The smallest absolute Gasteiger partial charge is 0.306 e. The summed E-state index contributed by atoms with van der Waals surface area (Å²) in [5, 5.41) is 0. The number of rotatable bonds is 17. The van der Waals surface area contributed by atoms with Gasteiger partial charge in [0.15, 0.2) is 0 Å². The number of ether oxygens (including phenoxy) is 1. The van der Waals surface area contributed by atoms with Gasteiger partial charge in [-0.1, -0.05) is 122 Å². The second-order valence-electron chi connectivity index (χ2n) is 8.89. The Morgan fingerprint density at radius 2 is 1.25 bits per heavy atom. The van der Waals surface area contributed by atoms with Gasteiger partial charge in [-0.25, -0.2) is 0 Å². The van der Waals surface area contributed by atoms with E-state index >= 15 is 0 Å². The summed E-state index contributed by atoms with van der Waals surface area (Å²) in [4.78, 5) is 12.1. The summed E-state index contributed by atoms with van der Waals surface area (Å²) in [5.41, 5.74) is -0.471. The molecule has 0 amide bonds. The third-order valence-electron chi connectivity index (χ3n) is 6.16. The topological polar surface area (TPSA) is 26.3 Å². The summed E-state index contributed by atoms with van der Waals surface area (Å²) in [5.74, 6) is 0.187. The fourth-order valence-electron chi connectivity index (χ4n) is 3.88. The van der Waals surface area contributed by atoms with Crippen LogP contribution in [0.25, 0.3) is 0 Å². The van der Waals surface area contributed by atoms with Crippen LogP contribution in [0, 0.1) is 5.92 Å². The van der Waals surface area contributed by atoms with Crippen molar-refractivity contribution in [3.8, 4) is 0 Å². The summed E-state index contributed by atoms with van der Waals surface area (Å²) in [7, 11) is 0. The molecule has 2 nitrogen and oxygen atoms in total. The molecule has 0 aliphatic heterocycles. The molecule has 1 aliphatic carbocycles. The van der Waals surface area contributed by atoms with Gasteiger partial charge in [0.05, 0.1) is 0 Å². The van der Waals surface area contributed by atoms with Crippen molar-refractivity contribution in [2.24, 2.45) is 5.92 Å². The number of carbonyl (C=O) groups excluding carboxylic acids is 1. The van der Waals surface area contributed by atoms with E-state index in [1.54, 1.807) is 0 Å². The highest BCUT2D eigenvalue weighted by molar-refractivity contribution is 5.70. The Morgan fingerprint density at radius 3 is 1.71 bits per heavy atom. The largest absolute Gasteiger partial charge is 0.454 e. The van der Waals surface area contributed by atoms with Gasteiger partial charge in [0.1, 0.15) is 5.60 Å². The maximum atomic E-state index is 12.1. The predicted octanol–water partition coefficient (Wildman–Crippen LogP) is 8.31. The van der Waals surface area contributed by atoms with E-state index in [2.05, 4.69) is 19.9 Å². The Bertz CT molecular complexity index is 451. The van der Waals surface area contributed by atoms with Crippen LogP contribution < -0.4 is 0 Å². The molecule has 0 aromatic heterocycles. The molecule has 0 aromatic rings. The first-order valence-corrected chi connectivity index (χ1v) is 12.2. The van der Waals surface area contributed by atoms with Gasteiger partial charge in [0.25, 0.3) is 0 Å². The second kappa shape index (κ2) is 15.8. The molecule has 2 unspecified atom stereocenters. The summed E-state index contributed by atoms with van der Waals surface area (Å²) >= 11 is 0. The van der Waals surface area contributed by atoms with Crippen molar-refractivity contribution < 1.29 is 9.53 Å². The molecule has 1 rings (SSSR count). The zero-order chi connectivity index (χ0) is 20.5. The standard InChI is InChI=1S/C26H46O2/c1-4-5-6-7-8-9-10-11-12-13-14-15-16-17-18-22-25(27)28-26(3)23-20-19-21-24(26)2/h19-21,23-24H,4-18,22H2,1-3H3. The van der Waals surface area contributed by atoms with Crippen LogP contribution in [-0.2, 0) is 9.53 Å². The number of hydrogen-bond donors (Lipinski definition) is 0. The highest BCUT2D eigenvalue weighted by Crippen LogP contribution is 2.28. The molecule has 28 heavy (non-hydrogen) atoms. The summed E-state index contributed by atoms with van der Waals surface area (Å²) < 4.78 is 5.73. The van der Waals surface area contributed by atoms with Gasteiger partial charge in [-0.3, -0.25) is 4.79 Å².